The highest BCUT2D eigenvalue weighted by Crippen LogP contribution is 2.19. The molecule has 0 bridgehead atoms. The molecule has 1 N–H and O–H groups in total. The number of aryl methyl sites for hydroxylation is 1. The number of aromatic amines is 1. The minimum atomic E-state index is 0.976. The summed E-state index contributed by atoms with van der Waals surface area (Å²) in [6.07, 6.45) is 3.57. The normalized spacial score (nSPS) is 10.1. The van der Waals surface area contributed by atoms with Crippen molar-refractivity contribution in [3.05, 3.63) is 42.4 Å². The molecule has 1 aromatic heterocycles. The lowest BCUT2D eigenvalue weighted by Gasteiger charge is -1.99. The Morgan fingerprint density at radius 3 is 3.08 bits per heavy atom. The molecule has 2 heteroatoms. The predicted octanol–water partition coefficient (Wildman–Crippen LogP) is 2.19. The molecule has 0 saturated carbocycles. The molecule has 0 fully saturated rings. The number of rotatable bonds is 1. The fourth-order valence-corrected chi connectivity index (χ4v) is 1.19. The van der Waals surface area contributed by atoms with Crippen LogP contribution in [0.5, 0.6) is 0 Å². The minimum Gasteiger partial charge on any atom is -0.351 e. The van der Waals surface area contributed by atoms with Crippen LogP contribution in [0.2, 0.25) is 0 Å². The van der Waals surface area contributed by atoms with Gasteiger partial charge in [-0.25, -0.2) is 4.98 Å². The molecular formula is C10H9N2. The van der Waals surface area contributed by atoms with E-state index in [1.807, 2.05) is 24.4 Å². The Kier molecular flexibility index (Phi) is 1.67. The van der Waals surface area contributed by atoms with E-state index in [0.717, 1.165) is 11.3 Å². The fourth-order valence-electron chi connectivity index (χ4n) is 1.19. The van der Waals surface area contributed by atoms with Crippen molar-refractivity contribution in [2.75, 3.05) is 0 Å². The fraction of sp³-hybridized carbons (Fsp3) is 0.100. The first-order chi connectivity index (χ1) is 5.88. The van der Waals surface area contributed by atoms with Crippen molar-refractivity contribution in [1.82, 2.24) is 9.97 Å². The van der Waals surface area contributed by atoms with E-state index in [2.05, 4.69) is 23.0 Å². The average Bonchev–Trinajstić information content (AvgIpc) is 2.57. The quantitative estimate of drug-likeness (QED) is 0.675. The first kappa shape index (κ1) is 7.10. The molecule has 0 unspecified atom stereocenters. The highest BCUT2D eigenvalue weighted by molar-refractivity contribution is 5.61. The van der Waals surface area contributed by atoms with Gasteiger partial charge in [0.25, 0.3) is 0 Å². The van der Waals surface area contributed by atoms with Gasteiger partial charge in [-0.3, -0.25) is 0 Å². The zero-order chi connectivity index (χ0) is 8.39. The Hall–Kier alpha value is -1.57. The molecule has 1 radical (unpaired) electrons. The first-order valence-electron chi connectivity index (χ1n) is 3.84. The third-order valence-electron chi connectivity index (χ3n) is 1.86. The third-order valence-corrected chi connectivity index (χ3v) is 1.86. The van der Waals surface area contributed by atoms with Gasteiger partial charge < -0.3 is 4.98 Å². The molecule has 0 aliphatic carbocycles. The molecule has 1 aromatic carbocycles. The van der Waals surface area contributed by atoms with Crippen LogP contribution in [0.1, 0.15) is 5.56 Å². The summed E-state index contributed by atoms with van der Waals surface area (Å²) in [6.45, 7) is 2.07. The SMILES string of the molecule is Cc1cc[c]cc1-c1c[nH]cn1. The van der Waals surface area contributed by atoms with Gasteiger partial charge in [0.2, 0.25) is 0 Å². The summed E-state index contributed by atoms with van der Waals surface area (Å²) >= 11 is 0. The van der Waals surface area contributed by atoms with E-state index < -0.39 is 0 Å². The second-order valence-corrected chi connectivity index (χ2v) is 2.70. The summed E-state index contributed by atoms with van der Waals surface area (Å²) in [5.41, 5.74) is 3.34. The Morgan fingerprint density at radius 2 is 2.42 bits per heavy atom. The number of nitrogens with one attached hydrogen (secondary N) is 1. The van der Waals surface area contributed by atoms with Crippen molar-refractivity contribution in [2.24, 2.45) is 0 Å². The van der Waals surface area contributed by atoms with E-state index in [4.69, 9.17) is 0 Å². The van der Waals surface area contributed by atoms with Crippen LogP contribution in [0.4, 0.5) is 0 Å². The molecule has 59 valence electrons. The molecule has 0 saturated heterocycles. The Labute approximate surface area is 71.3 Å². The maximum Gasteiger partial charge on any atom is 0.0927 e. The van der Waals surface area contributed by atoms with Crippen molar-refractivity contribution in [2.45, 2.75) is 6.92 Å². The van der Waals surface area contributed by atoms with Gasteiger partial charge in [-0.2, -0.15) is 0 Å². The van der Waals surface area contributed by atoms with Crippen molar-refractivity contribution < 1.29 is 0 Å². The van der Waals surface area contributed by atoms with Gasteiger partial charge in [-0.1, -0.05) is 12.1 Å². The largest absolute Gasteiger partial charge is 0.351 e. The van der Waals surface area contributed by atoms with E-state index in [0.29, 0.717) is 0 Å². The van der Waals surface area contributed by atoms with Crippen molar-refractivity contribution in [3.8, 4) is 11.3 Å². The molecule has 0 atom stereocenters. The second kappa shape index (κ2) is 2.81. The number of nitrogens with zero attached hydrogens (tertiary/aromatic N) is 1. The van der Waals surface area contributed by atoms with E-state index in [1.165, 1.54) is 5.56 Å². The second-order valence-electron chi connectivity index (χ2n) is 2.70. The van der Waals surface area contributed by atoms with Crippen LogP contribution in [-0.2, 0) is 0 Å². The molecular weight excluding hydrogens is 148 g/mol. The predicted molar refractivity (Wildman–Crippen MR) is 47.6 cm³/mol. The number of benzene rings is 1. The standard InChI is InChI=1S/C10H9N2/c1-8-4-2-3-5-9(8)10-6-11-7-12-10/h2,4-7H,1H3,(H,11,12). The lowest BCUT2D eigenvalue weighted by Crippen LogP contribution is -1.81. The summed E-state index contributed by atoms with van der Waals surface area (Å²) in [5.74, 6) is 0. The van der Waals surface area contributed by atoms with Crippen LogP contribution < -0.4 is 0 Å². The monoisotopic (exact) mass is 157 g/mol. The maximum absolute atomic E-state index is 4.17. The lowest BCUT2D eigenvalue weighted by atomic mass is 10.1. The summed E-state index contributed by atoms with van der Waals surface area (Å²) in [5, 5.41) is 0. The van der Waals surface area contributed by atoms with Crippen molar-refractivity contribution in [1.29, 1.82) is 0 Å². The number of hydrogen-bond donors (Lipinski definition) is 1. The lowest BCUT2D eigenvalue weighted by molar-refractivity contribution is 1.31. The van der Waals surface area contributed by atoms with Gasteiger partial charge in [0, 0.05) is 11.8 Å². The minimum absolute atomic E-state index is 0.976. The smallest absolute Gasteiger partial charge is 0.0927 e. The van der Waals surface area contributed by atoms with Crippen molar-refractivity contribution in [3.63, 3.8) is 0 Å². The molecule has 2 aromatic rings. The molecule has 0 aliphatic rings. The van der Waals surface area contributed by atoms with Gasteiger partial charge in [-0.05, 0) is 24.6 Å². The highest BCUT2D eigenvalue weighted by Gasteiger charge is 2.00. The topological polar surface area (TPSA) is 28.7 Å². The van der Waals surface area contributed by atoms with E-state index in [-0.39, 0.29) is 0 Å². The summed E-state index contributed by atoms with van der Waals surface area (Å²) in [4.78, 5) is 7.10. The van der Waals surface area contributed by atoms with Gasteiger partial charge >= 0.3 is 0 Å². The molecule has 2 nitrogen and oxygen atoms in total. The summed E-state index contributed by atoms with van der Waals surface area (Å²) < 4.78 is 0. The number of aromatic nitrogens is 2. The van der Waals surface area contributed by atoms with E-state index >= 15 is 0 Å². The van der Waals surface area contributed by atoms with Crippen LogP contribution in [0.15, 0.2) is 30.7 Å². The van der Waals surface area contributed by atoms with Crippen LogP contribution in [0, 0.1) is 13.0 Å². The number of hydrogen-bond acceptors (Lipinski definition) is 1. The summed E-state index contributed by atoms with van der Waals surface area (Å²) in [6, 6.07) is 8.93. The average molecular weight is 157 g/mol. The third kappa shape index (κ3) is 1.11. The van der Waals surface area contributed by atoms with Crippen LogP contribution in [0.3, 0.4) is 0 Å². The highest BCUT2D eigenvalue weighted by atomic mass is 14.9. The van der Waals surface area contributed by atoms with E-state index in [9.17, 15) is 0 Å². The zero-order valence-corrected chi connectivity index (χ0v) is 6.83. The van der Waals surface area contributed by atoms with E-state index in [1.54, 1.807) is 6.33 Å². The molecule has 0 amide bonds. The van der Waals surface area contributed by atoms with Gasteiger partial charge in [-0.15, -0.1) is 0 Å². The van der Waals surface area contributed by atoms with Crippen molar-refractivity contribution >= 4 is 0 Å². The van der Waals surface area contributed by atoms with Crippen LogP contribution in [-0.4, -0.2) is 9.97 Å². The maximum atomic E-state index is 4.17. The molecule has 12 heavy (non-hydrogen) atoms. The van der Waals surface area contributed by atoms with Gasteiger partial charge in [0.15, 0.2) is 0 Å². The first-order valence-corrected chi connectivity index (χ1v) is 3.84. The molecule has 1 heterocycles. The Morgan fingerprint density at radius 1 is 1.50 bits per heavy atom. The Bertz CT molecular complexity index is 363. The zero-order valence-electron chi connectivity index (χ0n) is 6.83. The van der Waals surface area contributed by atoms with Gasteiger partial charge in [0.1, 0.15) is 0 Å². The van der Waals surface area contributed by atoms with Crippen LogP contribution in [0.25, 0.3) is 11.3 Å². The Balaban J connectivity index is 2.55. The molecule has 0 aliphatic heterocycles. The molecule has 2 rings (SSSR count). The van der Waals surface area contributed by atoms with Gasteiger partial charge in [0.05, 0.1) is 12.0 Å². The molecule has 0 spiro atoms. The number of imidazole rings is 1. The summed E-state index contributed by atoms with van der Waals surface area (Å²) in [7, 11) is 0. The van der Waals surface area contributed by atoms with Crippen LogP contribution >= 0.6 is 0 Å². The number of H-pyrrole nitrogens is 1.